The largest absolute Gasteiger partial charge is 0.381 e. The van der Waals surface area contributed by atoms with Crippen LogP contribution >= 0.6 is 0 Å². The molecule has 0 radical (unpaired) electrons. The Labute approximate surface area is 120 Å². The second-order valence-corrected chi connectivity index (χ2v) is 5.98. The predicted molar refractivity (Wildman–Crippen MR) is 79.6 cm³/mol. The molecule has 2 unspecified atom stereocenters. The maximum absolute atomic E-state index is 10.6. The number of hydrogen-bond donors (Lipinski definition) is 2. The summed E-state index contributed by atoms with van der Waals surface area (Å²) in [4.78, 5) is 2.15. The fourth-order valence-electron chi connectivity index (χ4n) is 3.27. The van der Waals surface area contributed by atoms with Crippen molar-refractivity contribution in [2.45, 2.75) is 38.5 Å². The summed E-state index contributed by atoms with van der Waals surface area (Å²) in [7, 11) is 0. The topological polar surface area (TPSA) is 58.7 Å². The van der Waals surface area contributed by atoms with Gasteiger partial charge in [-0.3, -0.25) is 0 Å². The van der Waals surface area contributed by atoms with Crippen LogP contribution in [0.5, 0.6) is 0 Å². The summed E-state index contributed by atoms with van der Waals surface area (Å²) in [5.41, 5.74) is 9.60. The number of anilines is 1. The van der Waals surface area contributed by atoms with Crippen molar-refractivity contribution in [2.24, 2.45) is 11.7 Å². The Morgan fingerprint density at radius 3 is 2.80 bits per heavy atom. The number of benzene rings is 1. The monoisotopic (exact) mass is 276 g/mol. The van der Waals surface area contributed by atoms with Crippen molar-refractivity contribution in [3.63, 3.8) is 0 Å². The molecule has 2 aliphatic heterocycles. The summed E-state index contributed by atoms with van der Waals surface area (Å²) < 4.78 is 5.38. The normalized spacial score (nSPS) is 22.6. The highest BCUT2D eigenvalue weighted by atomic mass is 16.5. The van der Waals surface area contributed by atoms with Gasteiger partial charge in [-0.1, -0.05) is 12.1 Å². The maximum Gasteiger partial charge on any atom is 0.129 e. The second-order valence-electron chi connectivity index (χ2n) is 5.98. The van der Waals surface area contributed by atoms with E-state index < -0.39 is 0 Å². The molecule has 1 saturated heterocycles. The van der Waals surface area contributed by atoms with Crippen LogP contribution in [0.3, 0.4) is 0 Å². The van der Waals surface area contributed by atoms with Crippen LogP contribution in [-0.2, 0) is 11.2 Å². The summed E-state index contributed by atoms with van der Waals surface area (Å²) in [5, 5.41) is 10.6. The lowest BCUT2D eigenvalue weighted by Crippen LogP contribution is -2.41. The van der Waals surface area contributed by atoms with E-state index in [0.29, 0.717) is 5.92 Å². The van der Waals surface area contributed by atoms with Crippen molar-refractivity contribution >= 4 is 5.69 Å². The van der Waals surface area contributed by atoms with Gasteiger partial charge in [-0.15, -0.1) is 0 Å². The SMILES string of the molecule is CC(N)c1ccc2c(c1)CCN2C(O)C1CCOCC1. The zero-order valence-electron chi connectivity index (χ0n) is 12.1. The van der Waals surface area contributed by atoms with Gasteiger partial charge in [-0.25, -0.2) is 0 Å². The summed E-state index contributed by atoms with van der Waals surface area (Å²) in [6.45, 7) is 4.44. The molecule has 0 amide bonds. The molecule has 1 aromatic rings. The lowest BCUT2D eigenvalue weighted by molar-refractivity contribution is 0.00763. The van der Waals surface area contributed by atoms with Crippen LogP contribution in [0.2, 0.25) is 0 Å². The van der Waals surface area contributed by atoms with Crippen molar-refractivity contribution in [1.82, 2.24) is 0 Å². The summed E-state index contributed by atoms with van der Waals surface area (Å²) >= 11 is 0. The molecule has 3 N–H and O–H groups in total. The molecule has 2 heterocycles. The minimum atomic E-state index is -0.388. The molecule has 0 spiro atoms. The van der Waals surface area contributed by atoms with Gasteiger partial charge in [0.1, 0.15) is 6.23 Å². The predicted octanol–water partition coefficient (Wildman–Crippen LogP) is 1.81. The molecule has 0 aromatic heterocycles. The van der Waals surface area contributed by atoms with E-state index in [4.69, 9.17) is 10.5 Å². The van der Waals surface area contributed by atoms with Crippen molar-refractivity contribution in [3.8, 4) is 0 Å². The molecular weight excluding hydrogens is 252 g/mol. The molecule has 1 aromatic carbocycles. The smallest absolute Gasteiger partial charge is 0.129 e. The van der Waals surface area contributed by atoms with Crippen LogP contribution in [0.25, 0.3) is 0 Å². The molecule has 0 aliphatic carbocycles. The average Bonchev–Trinajstić information content (AvgIpc) is 2.90. The molecular formula is C16H24N2O2. The molecule has 0 saturated carbocycles. The molecule has 110 valence electrons. The Kier molecular flexibility index (Phi) is 3.96. The molecule has 2 aliphatic rings. The second kappa shape index (κ2) is 5.72. The fourth-order valence-corrected chi connectivity index (χ4v) is 3.27. The number of rotatable bonds is 3. The van der Waals surface area contributed by atoms with Crippen LogP contribution in [-0.4, -0.2) is 31.1 Å². The third-order valence-electron chi connectivity index (χ3n) is 4.57. The van der Waals surface area contributed by atoms with Crippen LogP contribution in [0.4, 0.5) is 5.69 Å². The fraction of sp³-hybridized carbons (Fsp3) is 0.625. The molecule has 0 bridgehead atoms. The lowest BCUT2D eigenvalue weighted by atomic mass is 9.97. The molecule has 1 fully saturated rings. The maximum atomic E-state index is 10.6. The van der Waals surface area contributed by atoms with E-state index in [1.54, 1.807) is 0 Å². The quantitative estimate of drug-likeness (QED) is 0.884. The van der Waals surface area contributed by atoms with Gasteiger partial charge in [0.2, 0.25) is 0 Å². The molecule has 4 nitrogen and oxygen atoms in total. The molecule has 2 atom stereocenters. The molecule has 4 heteroatoms. The summed E-state index contributed by atoms with van der Waals surface area (Å²) in [6.07, 6.45) is 2.51. The number of nitrogens with zero attached hydrogens (tertiary/aromatic N) is 1. The van der Waals surface area contributed by atoms with Gasteiger partial charge in [0.15, 0.2) is 0 Å². The van der Waals surface area contributed by atoms with E-state index in [0.717, 1.165) is 39.0 Å². The van der Waals surface area contributed by atoms with E-state index in [9.17, 15) is 5.11 Å². The first-order chi connectivity index (χ1) is 9.66. The Hall–Kier alpha value is -1.10. The number of aliphatic hydroxyl groups excluding tert-OH is 1. The van der Waals surface area contributed by atoms with Crippen molar-refractivity contribution < 1.29 is 9.84 Å². The standard InChI is InChI=1S/C16H24N2O2/c1-11(17)13-2-3-15-14(10-13)4-7-18(15)16(19)12-5-8-20-9-6-12/h2-3,10-12,16,19H,4-9,17H2,1H3. The van der Waals surface area contributed by atoms with Crippen LogP contribution < -0.4 is 10.6 Å². The third kappa shape index (κ3) is 2.55. The van der Waals surface area contributed by atoms with E-state index in [2.05, 4.69) is 23.1 Å². The number of hydrogen-bond acceptors (Lipinski definition) is 4. The Bertz CT molecular complexity index is 470. The highest BCUT2D eigenvalue weighted by molar-refractivity contribution is 5.59. The average molecular weight is 276 g/mol. The summed E-state index contributed by atoms with van der Waals surface area (Å²) in [6, 6.07) is 6.45. The zero-order chi connectivity index (χ0) is 14.1. The minimum absolute atomic E-state index is 0.0646. The van der Waals surface area contributed by atoms with Gasteiger partial charge >= 0.3 is 0 Å². The van der Waals surface area contributed by atoms with E-state index in [1.165, 1.54) is 16.8 Å². The van der Waals surface area contributed by atoms with Gasteiger partial charge in [0.05, 0.1) is 0 Å². The lowest BCUT2D eigenvalue weighted by Gasteiger charge is -2.34. The number of aliphatic hydroxyl groups is 1. The first kappa shape index (κ1) is 13.9. The number of fused-ring (bicyclic) bond motifs is 1. The first-order valence-corrected chi connectivity index (χ1v) is 7.57. The number of ether oxygens (including phenoxy) is 1. The van der Waals surface area contributed by atoms with Crippen molar-refractivity contribution in [1.29, 1.82) is 0 Å². The van der Waals surface area contributed by atoms with Crippen LogP contribution in [0.1, 0.15) is 36.9 Å². The first-order valence-electron chi connectivity index (χ1n) is 7.57. The highest BCUT2D eigenvalue weighted by Crippen LogP contribution is 2.34. The molecule has 20 heavy (non-hydrogen) atoms. The molecule has 3 rings (SSSR count). The van der Waals surface area contributed by atoms with Crippen molar-refractivity contribution in [3.05, 3.63) is 29.3 Å². The summed E-state index contributed by atoms with van der Waals surface area (Å²) in [5.74, 6) is 0.322. The number of nitrogens with two attached hydrogens (primary N) is 1. The Morgan fingerprint density at radius 2 is 2.10 bits per heavy atom. The minimum Gasteiger partial charge on any atom is -0.381 e. The van der Waals surface area contributed by atoms with Gasteiger partial charge in [0.25, 0.3) is 0 Å². The Balaban J connectivity index is 1.78. The highest BCUT2D eigenvalue weighted by Gasteiger charge is 2.31. The third-order valence-corrected chi connectivity index (χ3v) is 4.57. The van der Waals surface area contributed by atoms with Crippen molar-refractivity contribution in [2.75, 3.05) is 24.7 Å². The van der Waals surface area contributed by atoms with Crippen LogP contribution in [0, 0.1) is 5.92 Å². The van der Waals surface area contributed by atoms with E-state index >= 15 is 0 Å². The van der Waals surface area contributed by atoms with E-state index in [1.807, 2.05) is 6.92 Å². The van der Waals surface area contributed by atoms with Gasteiger partial charge in [-0.2, -0.15) is 0 Å². The Morgan fingerprint density at radius 1 is 1.35 bits per heavy atom. The van der Waals surface area contributed by atoms with Gasteiger partial charge < -0.3 is 20.5 Å². The van der Waals surface area contributed by atoms with Crippen LogP contribution in [0.15, 0.2) is 18.2 Å². The van der Waals surface area contributed by atoms with Gasteiger partial charge in [0, 0.05) is 37.4 Å². The van der Waals surface area contributed by atoms with E-state index in [-0.39, 0.29) is 12.3 Å². The zero-order valence-corrected chi connectivity index (χ0v) is 12.1. The van der Waals surface area contributed by atoms with Gasteiger partial charge in [-0.05, 0) is 43.4 Å².